The summed E-state index contributed by atoms with van der Waals surface area (Å²) in [5.41, 5.74) is 4.79. The van der Waals surface area contributed by atoms with E-state index in [9.17, 15) is 9.59 Å². The molecule has 192 valence electrons. The number of ether oxygens (including phenoxy) is 1. The van der Waals surface area contributed by atoms with Crippen molar-refractivity contribution in [3.8, 4) is 5.69 Å². The van der Waals surface area contributed by atoms with E-state index < -0.39 is 6.04 Å². The molecular weight excluding hydrogens is 513 g/mol. The molecule has 8 nitrogen and oxygen atoms in total. The molecule has 1 saturated heterocycles. The van der Waals surface area contributed by atoms with E-state index >= 15 is 0 Å². The molecule has 1 aliphatic heterocycles. The SMILES string of the molecule is COCC1C(=O)N(Cc2cc3cnccc3[nH]2)CCN1C(=O)c1cc(C)n(-c2cc(Cl)cc(Cl)c2)c1C. The predicted octanol–water partition coefficient (Wildman–Crippen LogP) is 4.78. The number of hydrogen-bond donors (Lipinski definition) is 1. The molecule has 1 fully saturated rings. The number of hydrogen-bond acceptors (Lipinski definition) is 4. The number of methoxy groups -OCH3 is 1. The van der Waals surface area contributed by atoms with E-state index in [2.05, 4.69) is 9.97 Å². The zero-order valence-electron chi connectivity index (χ0n) is 20.8. The zero-order chi connectivity index (χ0) is 26.3. The van der Waals surface area contributed by atoms with Crippen LogP contribution < -0.4 is 0 Å². The summed E-state index contributed by atoms with van der Waals surface area (Å²) in [7, 11) is 1.54. The van der Waals surface area contributed by atoms with Gasteiger partial charge in [-0.25, -0.2) is 0 Å². The number of aromatic nitrogens is 3. The van der Waals surface area contributed by atoms with Crippen LogP contribution in [0, 0.1) is 13.8 Å². The van der Waals surface area contributed by atoms with Gasteiger partial charge in [0, 0.05) is 76.3 Å². The molecule has 1 unspecified atom stereocenters. The second-order valence-electron chi connectivity index (χ2n) is 9.23. The van der Waals surface area contributed by atoms with Crippen LogP contribution >= 0.6 is 23.2 Å². The highest BCUT2D eigenvalue weighted by Crippen LogP contribution is 2.28. The maximum atomic E-state index is 13.8. The first-order chi connectivity index (χ1) is 17.8. The lowest BCUT2D eigenvalue weighted by atomic mass is 10.1. The van der Waals surface area contributed by atoms with Gasteiger partial charge in [0.1, 0.15) is 6.04 Å². The highest BCUT2D eigenvalue weighted by atomic mass is 35.5. The number of amides is 2. The summed E-state index contributed by atoms with van der Waals surface area (Å²) < 4.78 is 7.32. The van der Waals surface area contributed by atoms with Crippen molar-refractivity contribution < 1.29 is 14.3 Å². The molecular formula is C27H27Cl2N5O3. The number of pyridine rings is 1. The van der Waals surface area contributed by atoms with Gasteiger partial charge >= 0.3 is 0 Å². The Kier molecular flexibility index (Phi) is 6.98. The Morgan fingerprint density at radius 2 is 1.89 bits per heavy atom. The summed E-state index contributed by atoms with van der Waals surface area (Å²) in [4.78, 5) is 38.2. The van der Waals surface area contributed by atoms with Crippen molar-refractivity contribution >= 4 is 45.9 Å². The number of nitrogens with zero attached hydrogens (tertiary/aromatic N) is 4. The fraction of sp³-hybridized carbons (Fsp3) is 0.296. The maximum Gasteiger partial charge on any atom is 0.256 e. The van der Waals surface area contributed by atoms with Gasteiger partial charge in [0.15, 0.2) is 0 Å². The van der Waals surface area contributed by atoms with Gasteiger partial charge in [-0.3, -0.25) is 14.6 Å². The van der Waals surface area contributed by atoms with Crippen molar-refractivity contribution in [1.82, 2.24) is 24.3 Å². The summed E-state index contributed by atoms with van der Waals surface area (Å²) in [6.07, 6.45) is 3.51. The van der Waals surface area contributed by atoms with Crippen molar-refractivity contribution in [3.05, 3.63) is 81.5 Å². The topological polar surface area (TPSA) is 83.5 Å². The van der Waals surface area contributed by atoms with Crippen LogP contribution in [0.5, 0.6) is 0 Å². The number of carbonyl (C=O) groups excluding carboxylic acids is 2. The molecule has 1 aromatic carbocycles. The minimum absolute atomic E-state index is 0.111. The lowest BCUT2D eigenvalue weighted by molar-refractivity contribution is -0.143. The maximum absolute atomic E-state index is 13.8. The van der Waals surface area contributed by atoms with Gasteiger partial charge in [0.2, 0.25) is 5.91 Å². The minimum Gasteiger partial charge on any atom is -0.382 e. The number of carbonyl (C=O) groups is 2. The molecule has 0 saturated carbocycles. The zero-order valence-corrected chi connectivity index (χ0v) is 22.3. The van der Waals surface area contributed by atoms with Crippen molar-refractivity contribution in [2.45, 2.75) is 26.4 Å². The Bertz CT molecular complexity index is 1440. The number of piperazine rings is 1. The standard InChI is InChI=1S/C27H27Cl2N5O3/c1-16-8-23(17(2)34(16)22-11-19(28)10-20(29)12-22)26(35)33-7-6-32(27(36)25(33)15-37-3)14-21-9-18-13-30-5-4-24(18)31-21/h4-5,8-13,25,31H,6-7,14-15H2,1-3H3. The van der Waals surface area contributed by atoms with E-state index in [1.807, 2.05) is 36.6 Å². The van der Waals surface area contributed by atoms with E-state index in [1.54, 1.807) is 40.4 Å². The molecule has 10 heteroatoms. The third-order valence-electron chi connectivity index (χ3n) is 6.77. The van der Waals surface area contributed by atoms with Crippen LogP contribution in [0.2, 0.25) is 10.0 Å². The molecule has 4 aromatic rings. The molecule has 4 heterocycles. The molecule has 0 spiro atoms. The van der Waals surface area contributed by atoms with Gasteiger partial charge in [-0.15, -0.1) is 0 Å². The van der Waals surface area contributed by atoms with Crippen molar-refractivity contribution in [2.75, 3.05) is 26.8 Å². The van der Waals surface area contributed by atoms with Crippen molar-refractivity contribution in [2.24, 2.45) is 0 Å². The van der Waals surface area contributed by atoms with Gasteiger partial charge in [-0.2, -0.15) is 0 Å². The second-order valence-corrected chi connectivity index (χ2v) is 10.1. The molecule has 3 aromatic heterocycles. The third kappa shape index (κ3) is 4.84. The third-order valence-corrected chi connectivity index (χ3v) is 7.21. The number of H-pyrrole nitrogens is 1. The van der Waals surface area contributed by atoms with Crippen LogP contribution in [0.15, 0.2) is 48.8 Å². The predicted molar refractivity (Wildman–Crippen MR) is 143 cm³/mol. The van der Waals surface area contributed by atoms with Gasteiger partial charge in [0.05, 0.1) is 18.7 Å². The Hall–Kier alpha value is -3.33. The van der Waals surface area contributed by atoms with Crippen LogP contribution in [0.3, 0.4) is 0 Å². The summed E-state index contributed by atoms with van der Waals surface area (Å²) in [5, 5.41) is 2.01. The first-order valence-electron chi connectivity index (χ1n) is 11.9. The lowest BCUT2D eigenvalue weighted by Gasteiger charge is -2.40. The fourth-order valence-electron chi connectivity index (χ4n) is 5.08. The van der Waals surface area contributed by atoms with Crippen molar-refractivity contribution in [1.29, 1.82) is 0 Å². The van der Waals surface area contributed by atoms with E-state index in [4.69, 9.17) is 27.9 Å². The van der Waals surface area contributed by atoms with Gasteiger partial charge in [-0.1, -0.05) is 23.2 Å². The number of aromatic amines is 1. The van der Waals surface area contributed by atoms with Crippen LogP contribution in [0.4, 0.5) is 0 Å². The summed E-state index contributed by atoms with van der Waals surface area (Å²) in [6.45, 7) is 5.14. The molecule has 1 aliphatic rings. The molecule has 1 N–H and O–H groups in total. The molecule has 0 radical (unpaired) electrons. The van der Waals surface area contributed by atoms with Gasteiger partial charge in [-0.05, 0) is 50.2 Å². The highest BCUT2D eigenvalue weighted by molar-refractivity contribution is 6.34. The Morgan fingerprint density at radius 3 is 2.59 bits per heavy atom. The van der Waals surface area contributed by atoms with E-state index in [0.717, 1.165) is 33.7 Å². The number of nitrogens with one attached hydrogen (secondary N) is 1. The van der Waals surface area contributed by atoms with E-state index in [-0.39, 0.29) is 18.4 Å². The lowest BCUT2D eigenvalue weighted by Crippen LogP contribution is -2.60. The minimum atomic E-state index is -0.721. The normalized spacial score (nSPS) is 16.1. The van der Waals surface area contributed by atoms with Crippen LogP contribution in [0.1, 0.15) is 27.4 Å². The van der Waals surface area contributed by atoms with Crippen LogP contribution in [-0.4, -0.2) is 69.0 Å². The molecule has 0 aliphatic carbocycles. The molecule has 2 amide bonds. The smallest absolute Gasteiger partial charge is 0.256 e. The Labute approximate surface area is 224 Å². The quantitative estimate of drug-likeness (QED) is 0.382. The first-order valence-corrected chi connectivity index (χ1v) is 12.7. The van der Waals surface area contributed by atoms with Crippen molar-refractivity contribution in [3.63, 3.8) is 0 Å². The van der Waals surface area contributed by atoms with E-state index in [0.29, 0.717) is 35.2 Å². The fourth-order valence-corrected chi connectivity index (χ4v) is 5.60. The van der Waals surface area contributed by atoms with E-state index in [1.165, 1.54) is 7.11 Å². The Morgan fingerprint density at radius 1 is 1.14 bits per heavy atom. The number of aryl methyl sites for hydroxylation is 1. The second kappa shape index (κ2) is 10.2. The van der Waals surface area contributed by atoms with Gasteiger partial charge in [0.25, 0.3) is 5.91 Å². The molecule has 5 rings (SSSR count). The molecule has 1 atom stereocenters. The Balaban J connectivity index is 1.40. The molecule has 37 heavy (non-hydrogen) atoms. The van der Waals surface area contributed by atoms with Gasteiger partial charge < -0.3 is 24.1 Å². The molecule has 0 bridgehead atoms. The average molecular weight is 540 g/mol. The summed E-state index contributed by atoms with van der Waals surface area (Å²) in [5.74, 6) is -0.354. The largest absolute Gasteiger partial charge is 0.382 e. The van der Waals surface area contributed by atoms with Crippen LogP contribution in [-0.2, 0) is 16.1 Å². The number of rotatable bonds is 6. The first kappa shape index (κ1) is 25.3. The summed E-state index contributed by atoms with van der Waals surface area (Å²) in [6, 6.07) is 10.3. The highest BCUT2D eigenvalue weighted by Gasteiger charge is 2.38. The summed E-state index contributed by atoms with van der Waals surface area (Å²) >= 11 is 12.5. The number of fused-ring (bicyclic) bond motifs is 1. The monoisotopic (exact) mass is 539 g/mol. The average Bonchev–Trinajstić information content (AvgIpc) is 3.40. The van der Waals surface area contributed by atoms with Crippen LogP contribution in [0.25, 0.3) is 16.6 Å². The number of benzene rings is 1. The number of halogens is 2.